The molecule has 0 aliphatic rings. The summed E-state index contributed by atoms with van der Waals surface area (Å²) in [6.07, 6.45) is 0. The van der Waals surface area contributed by atoms with Crippen molar-refractivity contribution >= 4 is 0 Å². The molecule has 0 spiro atoms. The number of phenolic OH excluding ortho intramolecular Hbond substituents is 1. The number of rotatable bonds is 3. The molecular formula is C21H18N2O2. The Labute approximate surface area is 146 Å². The summed E-state index contributed by atoms with van der Waals surface area (Å²) >= 11 is 0. The smallest absolute Gasteiger partial charge is 0.266 e. The van der Waals surface area contributed by atoms with Crippen molar-refractivity contribution in [3.8, 4) is 34.2 Å². The maximum atomic E-state index is 12.4. The van der Waals surface area contributed by atoms with E-state index in [9.17, 15) is 15.2 Å². The van der Waals surface area contributed by atoms with Crippen LogP contribution in [0, 0.1) is 11.3 Å². The van der Waals surface area contributed by atoms with Gasteiger partial charge < -0.3 is 10.1 Å². The van der Waals surface area contributed by atoms with Crippen molar-refractivity contribution in [1.82, 2.24) is 4.98 Å². The van der Waals surface area contributed by atoms with E-state index in [1.165, 1.54) is 5.56 Å². The summed E-state index contributed by atoms with van der Waals surface area (Å²) in [6.45, 7) is 4.22. The van der Waals surface area contributed by atoms with E-state index in [-0.39, 0.29) is 11.3 Å². The molecule has 4 nitrogen and oxygen atoms in total. The lowest BCUT2D eigenvalue weighted by Gasteiger charge is -2.11. The Kier molecular flexibility index (Phi) is 4.40. The Bertz CT molecular complexity index is 1010. The Hall–Kier alpha value is -3.32. The number of phenols is 1. The molecule has 2 aromatic carbocycles. The molecule has 0 aliphatic heterocycles. The fraction of sp³-hybridized carbons (Fsp3) is 0.143. The summed E-state index contributed by atoms with van der Waals surface area (Å²) in [5, 5.41) is 19.5. The molecule has 124 valence electrons. The quantitative estimate of drug-likeness (QED) is 0.747. The van der Waals surface area contributed by atoms with Crippen LogP contribution in [0.3, 0.4) is 0 Å². The van der Waals surface area contributed by atoms with Crippen LogP contribution in [0.25, 0.3) is 22.4 Å². The van der Waals surface area contributed by atoms with Crippen LogP contribution >= 0.6 is 0 Å². The minimum atomic E-state index is -0.466. The van der Waals surface area contributed by atoms with Crippen LogP contribution in [-0.2, 0) is 0 Å². The molecule has 3 aromatic rings. The number of aromatic nitrogens is 1. The maximum absolute atomic E-state index is 12.4. The third-order valence-electron chi connectivity index (χ3n) is 4.23. The fourth-order valence-electron chi connectivity index (χ4n) is 2.79. The zero-order valence-electron chi connectivity index (χ0n) is 14.1. The first-order valence-corrected chi connectivity index (χ1v) is 8.07. The van der Waals surface area contributed by atoms with E-state index in [2.05, 4.69) is 18.8 Å². The predicted molar refractivity (Wildman–Crippen MR) is 98.4 cm³/mol. The maximum Gasteiger partial charge on any atom is 0.266 e. The lowest BCUT2D eigenvalue weighted by atomic mass is 9.95. The zero-order chi connectivity index (χ0) is 18.0. The SMILES string of the molecule is CC(C)c1ccc(-c2cc(-c3ccccc3O)[nH]c(=O)c2C#N)cc1. The topological polar surface area (TPSA) is 76.9 Å². The average molecular weight is 330 g/mol. The van der Waals surface area contributed by atoms with Gasteiger partial charge in [-0.25, -0.2) is 0 Å². The van der Waals surface area contributed by atoms with Gasteiger partial charge in [-0.2, -0.15) is 5.26 Å². The number of pyridine rings is 1. The molecule has 1 aromatic heterocycles. The number of hydrogen-bond donors (Lipinski definition) is 2. The van der Waals surface area contributed by atoms with Crippen molar-refractivity contribution < 1.29 is 5.11 Å². The Balaban J connectivity index is 2.20. The largest absolute Gasteiger partial charge is 0.507 e. The monoisotopic (exact) mass is 330 g/mol. The number of nitriles is 1. The van der Waals surface area contributed by atoms with Crippen LogP contribution in [0.2, 0.25) is 0 Å². The van der Waals surface area contributed by atoms with E-state index in [4.69, 9.17) is 0 Å². The summed E-state index contributed by atoms with van der Waals surface area (Å²) in [7, 11) is 0. The zero-order valence-corrected chi connectivity index (χ0v) is 14.1. The molecule has 0 radical (unpaired) electrons. The summed E-state index contributed by atoms with van der Waals surface area (Å²) in [6, 6.07) is 18.3. The van der Waals surface area contributed by atoms with E-state index in [1.807, 2.05) is 30.3 Å². The van der Waals surface area contributed by atoms with Crippen molar-refractivity contribution in [2.75, 3.05) is 0 Å². The van der Waals surface area contributed by atoms with Crippen molar-refractivity contribution in [2.45, 2.75) is 19.8 Å². The van der Waals surface area contributed by atoms with Crippen LogP contribution in [-0.4, -0.2) is 10.1 Å². The second-order valence-electron chi connectivity index (χ2n) is 6.21. The number of benzene rings is 2. The number of nitrogens with zero attached hydrogens (tertiary/aromatic N) is 1. The van der Waals surface area contributed by atoms with Crippen molar-refractivity contribution in [1.29, 1.82) is 5.26 Å². The Morgan fingerprint density at radius 2 is 1.72 bits per heavy atom. The first-order chi connectivity index (χ1) is 12.0. The number of aromatic amines is 1. The van der Waals surface area contributed by atoms with Gasteiger partial charge in [-0.1, -0.05) is 50.2 Å². The molecule has 4 heteroatoms. The van der Waals surface area contributed by atoms with Crippen molar-refractivity contribution in [3.05, 3.63) is 76.1 Å². The minimum Gasteiger partial charge on any atom is -0.507 e. The number of aromatic hydroxyl groups is 1. The first-order valence-electron chi connectivity index (χ1n) is 8.07. The lowest BCUT2D eigenvalue weighted by molar-refractivity contribution is 0.477. The van der Waals surface area contributed by atoms with Gasteiger partial charge in [-0.05, 0) is 35.2 Å². The third kappa shape index (κ3) is 3.17. The van der Waals surface area contributed by atoms with Crippen LogP contribution in [0.4, 0.5) is 0 Å². The number of hydrogen-bond acceptors (Lipinski definition) is 3. The van der Waals surface area contributed by atoms with Crippen LogP contribution in [0.1, 0.15) is 30.9 Å². The lowest BCUT2D eigenvalue weighted by Crippen LogP contribution is -2.12. The van der Waals surface area contributed by atoms with E-state index < -0.39 is 5.56 Å². The molecule has 0 bridgehead atoms. The standard InChI is InChI=1S/C21H18N2O2/c1-13(2)14-7-9-15(10-8-14)17-11-19(23-21(25)18(17)12-22)16-5-3-4-6-20(16)24/h3-11,13,24H,1-2H3,(H,23,25). The molecule has 0 atom stereocenters. The highest BCUT2D eigenvalue weighted by atomic mass is 16.3. The van der Waals surface area contributed by atoms with Crippen LogP contribution < -0.4 is 5.56 Å². The highest BCUT2D eigenvalue weighted by Gasteiger charge is 2.14. The van der Waals surface area contributed by atoms with Crippen LogP contribution in [0.15, 0.2) is 59.4 Å². The average Bonchev–Trinajstić information content (AvgIpc) is 2.61. The normalized spacial score (nSPS) is 10.6. The first kappa shape index (κ1) is 16.5. The van der Waals surface area contributed by atoms with Crippen molar-refractivity contribution in [3.63, 3.8) is 0 Å². The highest BCUT2D eigenvalue weighted by Crippen LogP contribution is 2.31. The molecule has 3 rings (SSSR count). The highest BCUT2D eigenvalue weighted by molar-refractivity contribution is 5.77. The molecule has 25 heavy (non-hydrogen) atoms. The third-order valence-corrected chi connectivity index (χ3v) is 4.23. The fourth-order valence-corrected chi connectivity index (χ4v) is 2.79. The number of para-hydroxylation sites is 1. The predicted octanol–water partition coefficient (Wildman–Crippen LogP) is 4.41. The number of nitrogens with one attached hydrogen (secondary N) is 1. The molecule has 0 amide bonds. The van der Waals surface area contributed by atoms with Gasteiger partial charge in [0.05, 0.1) is 5.69 Å². The summed E-state index contributed by atoms with van der Waals surface area (Å²) in [5.74, 6) is 0.476. The molecular weight excluding hydrogens is 312 g/mol. The molecule has 0 unspecified atom stereocenters. The summed E-state index contributed by atoms with van der Waals surface area (Å²) in [5.41, 5.74) is 3.13. The van der Waals surface area contributed by atoms with Crippen LogP contribution in [0.5, 0.6) is 5.75 Å². The van der Waals surface area contributed by atoms with Gasteiger partial charge in [0, 0.05) is 11.1 Å². The van der Waals surface area contributed by atoms with Crippen molar-refractivity contribution in [2.24, 2.45) is 0 Å². The molecule has 0 saturated heterocycles. The van der Waals surface area contributed by atoms with Gasteiger partial charge in [-0.15, -0.1) is 0 Å². The second-order valence-corrected chi connectivity index (χ2v) is 6.21. The molecule has 0 fully saturated rings. The minimum absolute atomic E-state index is 0.0662. The Morgan fingerprint density at radius 1 is 1.04 bits per heavy atom. The van der Waals surface area contributed by atoms with E-state index in [0.29, 0.717) is 22.7 Å². The molecule has 0 aliphatic carbocycles. The second kappa shape index (κ2) is 6.66. The van der Waals surface area contributed by atoms with E-state index in [1.54, 1.807) is 30.3 Å². The van der Waals surface area contributed by atoms with Gasteiger partial charge in [0.1, 0.15) is 17.4 Å². The van der Waals surface area contributed by atoms with Gasteiger partial charge in [0.25, 0.3) is 5.56 Å². The van der Waals surface area contributed by atoms with E-state index in [0.717, 1.165) is 5.56 Å². The molecule has 1 heterocycles. The Morgan fingerprint density at radius 3 is 2.32 bits per heavy atom. The summed E-state index contributed by atoms with van der Waals surface area (Å²) in [4.78, 5) is 15.1. The molecule has 2 N–H and O–H groups in total. The van der Waals surface area contributed by atoms with Gasteiger partial charge in [-0.3, -0.25) is 4.79 Å². The van der Waals surface area contributed by atoms with Gasteiger partial charge in [0.15, 0.2) is 0 Å². The summed E-state index contributed by atoms with van der Waals surface area (Å²) < 4.78 is 0. The number of H-pyrrole nitrogens is 1. The van der Waals surface area contributed by atoms with Gasteiger partial charge in [0.2, 0.25) is 0 Å². The molecule has 0 saturated carbocycles. The van der Waals surface area contributed by atoms with Gasteiger partial charge >= 0.3 is 0 Å². The van der Waals surface area contributed by atoms with E-state index >= 15 is 0 Å².